The van der Waals surface area contributed by atoms with Gasteiger partial charge >= 0.3 is 0 Å². The minimum absolute atomic E-state index is 0.0279. The minimum Gasteiger partial charge on any atom is -0.375 e. The van der Waals surface area contributed by atoms with Crippen molar-refractivity contribution < 1.29 is 9.53 Å². The molecule has 1 aliphatic heterocycles. The van der Waals surface area contributed by atoms with E-state index in [1.807, 2.05) is 0 Å². The molecule has 0 spiro atoms. The average molecular weight is 284 g/mol. The summed E-state index contributed by atoms with van der Waals surface area (Å²) in [6.07, 6.45) is 4.45. The van der Waals surface area contributed by atoms with Crippen molar-refractivity contribution in [1.82, 2.24) is 10.6 Å². The summed E-state index contributed by atoms with van der Waals surface area (Å²) in [5.74, 6) is 0.148. The molecule has 118 valence electrons. The quantitative estimate of drug-likeness (QED) is 0.788. The molecule has 0 aliphatic carbocycles. The second kappa shape index (κ2) is 7.41. The lowest BCUT2D eigenvalue weighted by Gasteiger charge is -2.40. The first-order chi connectivity index (χ1) is 9.30. The molecule has 1 amide bonds. The van der Waals surface area contributed by atoms with Crippen LogP contribution in [0, 0.1) is 0 Å². The molecule has 1 aliphatic rings. The van der Waals surface area contributed by atoms with E-state index in [0.717, 1.165) is 38.8 Å². The zero-order valence-electron chi connectivity index (χ0n) is 13.8. The first-order valence-electron chi connectivity index (χ1n) is 7.98. The number of hydrogen-bond donors (Lipinski definition) is 2. The summed E-state index contributed by atoms with van der Waals surface area (Å²) in [6, 6.07) is 0.269. The fraction of sp³-hybridized carbons (Fsp3) is 0.938. The number of nitrogens with one attached hydrogen (secondary N) is 2. The highest BCUT2D eigenvalue weighted by atomic mass is 16.5. The van der Waals surface area contributed by atoms with E-state index in [1.54, 1.807) is 0 Å². The van der Waals surface area contributed by atoms with Crippen molar-refractivity contribution in [1.29, 1.82) is 0 Å². The second-order valence-electron chi connectivity index (χ2n) is 6.92. The fourth-order valence-electron chi connectivity index (χ4n) is 2.74. The van der Waals surface area contributed by atoms with E-state index in [1.165, 1.54) is 0 Å². The van der Waals surface area contributed by atoms with Gasteiger partial charge in [-0.2, -0.15) is 0 Å². The highest BCUT2D eigenvalue weighted by Gasteiger charge is 2.34. The lowest BCUT2D eigenvalue weighted by atomic mass is 9.86. The van der Waals surface area contributed by atoms with E-state index in [-0.39, 0.29) is 23.1 Å². The summed E-state index contributed by atoms with van der Waals surface area (Å²) in [4.78, 5) is 12.0. The molecule has 4 heteroatoms. The van der Waals surface area contributed by atoms with Crippen LogP contribution in [-0.2, 0) is 9.53 Å². The van der Waals surface area contributed by atoms with Gasteiger partial charge in [0, 0.05) is 31.2 Å². The lowest BCUT2D eigenvalue weighted by molar-refractivity contribution is -0.126. The normalized spacial score (nSPS) is 22.6. The third kappa shape index (κ3) is 5.80. The van der Waals surface area contributed by atoms with E-state index in [9.17, 15) is 4.79 Å². The largest absolute Gasteiger partial charge is 0.375 e. The van der Waals surface area contributed by atoms with Crippen molar-refractivity contribution in [2.24, 2.45) is 0 Å². The van der Waals surface area contributed by atoms with Crippen LogP contribution in [0.2, 0.25) is 0 Å². The van der Waals surface area contributed by atoms with Gasteiger partial charge in [-0.1, -0.05) is 13.8 Å². The number of hydrogen-bond acceptors (Lipinski definition) is 3. The van der Waals surface area contributed by atoms with Gasteiger partial charge in [0.15, 0.2) is 0 Å². The minimum atomic E-state index is -0.0279. The Hall–Kier alpha value is -0.610. The summed E-state index contributed by atoms with van der Waals surface area (Å²) >= 11 is 0. The van der Waals surface area contributed by atoms with Crippen LogP contribution in [0.15, 0.2) is 0 Å². The van der Waals surface area contributed by atoms with Gasteiger partial charge in [0.2, 0.25) is 5.91 Å². The summed E-state index contributed by atoms with van der Waals surface area (Å²) in [6.45, 7) is 12.2. The Balaban J connectivity index is 2.34. The van der Waals surface area contributed by atoms with Crippen LogP contribution < -0.4 is 10.6 Å². The molecule has 0 aromatic rings. The van der Waals surface area contributed by atoms with E-state index in [2.05, 4.69) is 45.3 Å². The Morgan fingerprint density at radius 2 is 1.95 bits per heavy atom. The fourth-order valence-corrected chi connectivity index (χ4v) is 2.74. The molecule has 0 aromatic carbocycles. The highest BCUT2D eigenvalue weighted by molar-refractivity contribution is 5.76. The molecule has 0 bridgehead atoms. The first-order valence-corrected chi connectivity index (χ1v) is 7.98. The SMILES string of the molecule is CCC1(CC)CC(NC(=O)CCNC(C)(C)C)CCO1. The molecular weight excluding hydrogens is 252 g/mol. The maximum absolute atomic E-state index is 12.0. The van der Waals surface area contributed by atoms with Crippen LogP contribution in [0.5, 0.6) is 0 Å². The van der Waals surface area contributed by atoms with Gasteiger partial charge in [0.25, 0.3) is 0 Å². The maximum Gasteiger partial charge on any atom is 0.221 e. The molecule has 20 heavy (non-hydrogen) atoms. The van der Waals surface area contributed by atoms with E-state index in [0.29, 0.717) is 6.42 Å². The van der Waals surface area contributed by atoms with Crippen LogP contribution in [0.4, 0.5) is 0 Å². The number of carbonyl (C=O) groups is 1. The smallest absolute Gasteiger partial charge is 0.221 e. The standard InChI is InChI=1S/C16H32N2O2/c1-6-16(7-2)12-13(9-11-20-16)18-14(19)8-10-17-15(3,4)5/h13,17H,6-12H2,1-5H3,(H,18,19). The van der Waals surface area contributed by atoms with Crippen molar-refractivity contribution in [2.45, 2.75) is 83.9 Å². The van der Waals surface area contributed by atoms with Crippen LogP contribution in [-0.4, -0.2) is 36.2 Å². The van der Waals surface area contributed by atoms with Gasteiger partial charge in [-0.25, -0.2) is 0 Å². The van der Waals surface area contributed by atoms with Gasteiger partial charge in [-0.05, 0) is 46.5 Å². The van der Waals surface area contributed by atoms with Crippen LogP contribution in [0.25, 0.3) is 0 Å². The third-order valence-corrected chi connectivity index (χ3v) is 4.15. The van der Waals surface area contributed by atoms with Gasteiger partial charge in [0.05, 0.1) is 5.60 Å². The Labute approximate surface area is 124 Å². The van der Waals surface area contributed by atoms with Gasteiger partial charge in [-0.15, -0.1) is 0 Å². The lowest BCUT2D eigenvalue weighted by Crippen LogP contribution is -2.48. The number of amides is 1. The maximum atomic E-state index is 12.0. The molecule has 1 unspecified atom stereocenters. The molecule has 1 atom stereocenters. The molecule has 0 saturated carbocycles. The Kier molecular flexibility index (Phi) is 6.46. The third-order valence-electron chi connectivity index (χ3n) is 4.15. The molecule has 1 saturated heterocycles. The summed E-state index contributed by atoms with van der Waals surface area (Å²) in [5.41, 5.74) is 0.0401. The van der Waals surface area contributed by atoms with E-state index < -0.39 is 0 Å². The van der Waals surface area contributed by atoms with Gasteiger partial charge < -0.3 is 15.4 Å². The molecule has 2 N–H and O–H groups in total. The van der Waals surface area contributed by atoms with Crippen LogP contribution >= 0.6 is 0 Å². The Bertz CT molecular complexity index is 306. The van der Waals surface area contributed by atoms with Gasteiger partial charge in [0.1, 0.15) is 0 Å². The average Bonchev–Trinajstić information content (AvgIpc) is 2.37. The highest BCUT2D eigenvalue weighted by Crippen LogP contribution is 2.31. The number of ether oxygens (including phenoxy) is 1. The van der Waals surface area contributed by atoms with Gasteiger partial charge in [-0.3, -0.25) is 4.79 Å². The second-order valence-corrected chi connectivity index (χ2v) is 6.92. The van der Waals surface area contributed by atoms with E-state index >= 15 is 0 Å². The monoisotopic (exact) mass is 284 g/mol. The summed E-state index contributed by atoms with van der Waals surface area (Å²) < 4.78 is 5.94. The zero-order chi connectivity index (χ0) is 15.2. The number of carbonyl (C=O) groups excluding carboxylic acids is 1. The van der Waals surface area contributed by atoms with Crippen molar-refractivity contribution in [3.05, 3.63) is 0 Å². The summed E-state index contributed by atoms with van der Waals surface area (Å²) in [7, 11) is 0. The van der Waals surface area contributed by atoms with E-state index in [4.69, 9.17) is 4.74 Å². The number of rotatable bonds is 6. The molecule has 0 radical (unpaired) electrons. The molecule has 0 aromatic heterocycles. The van der Waals surface area contributed by atoms with Crippen molar-refractivity contribution in [2.75, 3.05) is 13.2 Å². The van der Waals surface area contributed by atoms with Crippen LogP contribution in [0.1, 0.15) is 66.7 Å². The molecule has 4 nitrogen and oxygen atoms in total. The molecular formula is C16H32N2O2. The molecule has 1 fully saturated rings. The summed E-state index contributed by atoms with van der Waals surface area (Å²) in [5, 5.41) is 6.51. The first kappa shape index (κ1) is 17.4. The topological polar surface area (TPSA) is 50.4 Å². The van der Waals surface area contributed by atoms with Crippen molar-refractivity contribution in [3.63, 3.8) is 0 Å². The predicted molar refractivity (Wildman–Crippen MR) is 82.8 cm³/mol. The van der Waals surface area contributed by atoms with Crippen molar-refractivity contribution in [3.8, 4) is 0 Å². The van der Waals surface area contributed by atoms with Crippen LogP contribution in [0.3, 0.4) is 0 Å². The Morgan fingerprint density at radius 3 is 2.50 bits per heavy atom. The Morgan fingerprint density at radius 1 is 1.30 bits per heavy atom. The van der Waals surface area contributed by atoms with Crippen molar-refractivity contribution >= 4 is 5.91 Å². The molecule has 1 heterocycles. The zero-order valence-corrected chi connectivity index (χ0v) is 13.8. The molecule has 1 rings (SSSR count). The predicted octanol–water partition coefficient (Wildman–Crippen LogP) is 2.62.